The zero-order valence-corrected chi connectivity index (χ0v) is 12.2. The molecule has 1 saturated carbocycles. The summed E-state index contributed by atoms with van der Waals surface area (Å²) in [7, 11) is 0. The Morgan fingerprint density at radius 1 is 1.11 bits per heavy atom. The predicted molar refractivity (Wildman–Crippen MR) is 78.8 cm³/mol. The van der Waals surface area contributed by atoms with Crippen LogP contribution in [0.2, 0.25) is 0 Å². The first-order valence-electron chi connectivity index (χ1n) is 7.38. The normalized spacial score (nSPS) is 24.6. The summed E-state index contributed by atoms with van der Waals surface area (Å²) in [6.45, 7) is 10.4. The molecular formula is C17H27N. The molecule has 0 aliphatic heterocycles. The molecule has 0 spiro atoms. The molecule has 0 saturated heterocycles. The minimum Gasteiger partial charge on any atom is -0.314 e. The second-order valence-corrected chi connectivity index (χ2v) is 6.39. The molecule has 0 heterocycles. The van der Waals surface area contributed by atoms with Crippen LogP contribution >= 0.6 is 0 Å². The largest absolute Gasteiger partial charge is 0.314 e. The minimum absolute atomic E-state index is 0.597. The van der Waals surface area contributed by atoms with E-state index < -0.39 is 0 Å². The van der Waals surface area contributed by atoms with Gasteiger partial charge >= 0.3 is 0 Å². The molecule has 18 heavy (non-hydrogen) atoms. The first-order valence-corrected chi connectivity index (χ1v) is 7.38. The highest BCUT2D eigenvalue weighted by Crippen LogP contribution is 2.53. The lowest BCUT2D eigenvalue weighted by molar-refractivity contribution is 0.309. The van der Waals surface area contributed by atoms with E-state index in [0.717, 1.165) is 23.7 Å². The molecule has 0 bridgehead atoms. The number of rotatable bonds is 6. The van der Waals surface area contributed by atoms with E-state index in [2.05, 4.69) is 63.3 Å². The lowest BCUT2D eigenvalue weighted by atomic mass is 9.88. The fourth-order valence-electron chi connectivity index (χ4n) is 3.02. The zero-order valence-electron chi connectivity index (χ0n) is 12.2. The van der Waals surface area contributed by atoms with Gasteiger partial charge in [0.05, 0.1) is 0 Å². The third-order valence-electron chi connectivity index (χ3n) is 4.24. The third kappa shape index (κ3) is 3.35. The van der Waals surface area contributed by atoms with Gasteiger partial charge in [0.2, 0.25) is 0 Å². The molecule has 0 radical (unpaired) electrons. The Balaban J connectivity index is 1.94. The summed E-state index contributed by atoms with van der Waals surface area (Å²) in [5.41, 5.74) is 1.54. The van der Waals surface area contributed by atoms with E-state index in [4.69, 9.17) is 0 Å². The van der Waals surface area contributed by atoms with Crippen LogP contribution in [0.4, 0.5) is 0 Å². The van der Waals surface area contributed by atoms with Crippen molar-refractivity contribution in [3.05, 3.63) is 35.9 Å². The number of nitrogens with one attached hydrogen (secondary N) is 1. The lowest BCUT2D eigenvalue weighted by Gasteiger charge is -2.23. The van der Waals surface area contributed by atoms with Crippen LogP contribution in [-0.4, -0.2) is 12.6 Å². The van der Waals surface area contributed by atoms with Crippen molar-refractivity contribution in [2.75, 3.05) is 6.54 Å². The summed E-state index contributed by atoms with van der Waals surface area (Å²) in [6, 6.07) is 11.6. The summed E-state index contributed by atoms with van der Waals surface area (Å²) >= 11 is 0. The summed E-state index contributed by atoms with van der Waals surface area (Å²) < 4.78 is 0. The number of hydrogen-bond acceptors (Lipinski definition) is 1. The zero-order chi connectivity index (χ0) is 13.1. The highest BCUT2D eigenvalue weighted by Gasteiger charge is 2.44. The van der Waals surface area contributed by atoms with Gasteiger partial charge in [-0.3, -0.25) is 0 Å². The summed E-state index contributed by atoms with van der Waals surface area (Å²) in [4.78, 5) is 0. The summed E-state index contributed by atoms with van der Waals surface area (Å²) in [6.07, 6.45) is 1.38. The lowest BCUT2D eigenvalue weighted by Crippen LogP contribution is -2.32. The first kappa shape index (κ1) is 13.6. The van der Waals surface area contributed by atoms with Crippen LogP contribution in [0, 0.1) is 17.8 Å². The molecule has 2 rings (SSSR count). The van der Waals surface area contributed by atoms with Gasteiger partial charge in [-0.2, -0.15) is 0 Å². The molecule has 3 unspecified atom stereocenters. The molecule has 1 nitrogen and oxygen atoms in total. The van der Waals surface area contributed by atoms with Gasteiger partial charge in [0.25, 0.3) is 0 Å². The van der Waals surface area contributed by atoms with Gasteiger partial charge < -0.3 is 5.32 Å². The van der Waals surface area contributed by atoms with Gasteiger partial charge in [-0.05, 0) is 42.2 Å². The molecule has 1 aliphatic carbocycles. The van der Waals surface area contributed by atoms with E-state index in [9.17, 15) is 0 Å². The van der Waals surface area contributed by atoms with Gasteiger partial charge in [0.1, 0.15) is 0 Å². The predicted octanol–water partition coefficient (Wildman–Crippen LogP) is 4.06. The topological polar surface area (TPSA) is 12.0 Å². The average molecular weight is 245 g/mol. The van der Waals surface area contributed by atoms with Crippen molar-refractivity contribution in [2.24, 2.45) is 17.8 Å². The van der Waals surface area contributed by atoms with E-state index in [1.165, 1.54) is 18.5 Å². The standard InChI is InChI=1S/C17H27N/c1-12(2)17(11-18-13(3)4)16-10-15(16)14-8-6-5-7-9-14/h5-9,12-13,15-18H,10-11H2,1-4H3. The molecule has 0 aromatic heterocycles. The Bertz CT molecular complexity index is 355. The Morgan fingerprint density at radius 2 is 1.78 bits per heavy atom. The molecule has 1 aromatic rings. The third-order valence-corrected chi connectivity index (χ3v) is 4.24. The summed E-state index contributed by atoms with van der Waals surface area (Å²) in [5, 5.41) is 3.62. The molecule has 100 valence electrons. The fourth-order valence-corrected chi connectivity index (χ4v) is 3.02. The molecule has 1 aliphatic rings. The Hall–Kier alpha value is -0.820. The van der Waals surface area contributed by atoms with Gasteiger partial charge in [0, 0.05) is 6.04 Å². The van der Waals surface area contributed by atoms with Crippen LogP contribution in [-0.2, 0) is 0 Å². The van der Waals surface area contributed by atoms with Gasteiger partial charge in [-0.15, -0.1) is 0 Å². The molecule has 1 N–H and O–H groups in total. The minimum atomic E-state index is 0.597. The van der Waals surface area contributed by atoms with Crippen LogP contribution in [0.15, 0.2) is 30.3 Å². The van der Waals surface area contributed by atoms with E-state index in [1.807, 2.05) is 0 Å². The average Bonchev–Trinajstić information content (AvgIpc) is 3.10. The molecule has 0 amide bonds. The maximum Gasteiger partial charge on any atom is 0.00104 e. The fraction of sp³-hybridized carbons (Fsp3) is 0.647. The Labute approximate surface area is 112 Å². The quantitative estimate of drug-likeness (QED) is 0.797. The molecule has 3 atom stereocenters. The van der Waals surface area contributed by atoms with Crippen LogP contribution in [0.3, 0.4) is 0 Å². The van der Waals surface area contributed by atoms with Gasteiger partial charge in [-0.1, -0.05) is 58.0 Å². The maximum atomic E-state index is 3.62. The van der Waals surface area contributed by atoms with Crippen molar-refractivity contribution < 1.29 is 0 Å². The van der Waals surface area contributed by atoms with Crippen LogP contribution in [0.5, 0.6) is 0 Å². The Kier molecular flexibility index (Phi) is 4.45. The van der Waals surface area contributed by atoms with Crippen molar-refractivity contribution in [2.45, 2.75) is 46.1 Å². The van der Waals surface area contributed by atoms with E-state index >= 15 is 0 Å². The van der Waals surface area contributed by atoms with Crippen LogP contribution in [0.25, 0.3) is 0 Å². The van der Waals surface area contributed by atoms with Crippen molar-refractivity contribution in [1.29, 1.82) is 0 Å². The van der Waals surface area contributed by atoms with Gasteiger partial charge in [-0.25, -0.2) is 0 Å². The van der Waals surface area contributed by atoms with Crippen molar-refractivity contribution in [1.82, 2.24) is 5.32 Å². The van der Waals surface area contributed by atoms with Crippen molar-refractivity contribution in [3.8, 4) is 0 Å². The molecule has 1 fully saturated rings. The number of benzene rings is 1. The number of hydrogen-bond donors (Lipinski definition) is 1. The van der Waals surface area contributed by atoms with Crippen LogP contribution in [0.1, 0.15) is 45.6 Å². The van der Waals surface area contributed by atoms with E-state index in [1.54, 1.807) is 0 Å². The van der Waals surface area contributed by atoms with Crippen molar-refractivity contribution in [3.63, 3.8) is 0 Å². The van der Waals surface area contributed by atoms with Crippen LogP contribution < -0.4 is 5.32 Å². The molecule has 1 heteroatoms. The smallest absolute Gasteiger partial charge is 0.00104 e. The second kappa shape index (κ2) is 5.88. The maximum absolute atomic E-state index is 3.62. The van der Waals surface area contributed by atoms with E-state index in [0.29, 0.717) is 6.04 Å². The Morgan fingerprint density at radius 3 is 2.33 bits per heavy atom. The second-order valence-electron chi connectivity index (χ2n) is 6.39. The monoisotopic (exact) mass is 245 g/mol. The first-order chi connectivity index (χ1) is 8.59. The highest BCUT2D eigenvalue weighted by molar-refractivity contribution is 5.26. The van der Waals surface area contributed by atoms with E-state index in [-0.39, 0.29) is 0 Å². The van der Waals surface area contributed by atoms with Crippen molar-refractivity contribution >= 4 is 0 Å². The SMILES string of the molecule is CC(C)NCC(C(C)C)C1CC1c1ccccc1. The summed E-state index contributed by atoms with van der Waals surface area (Å²) in [5.74, 6) is 3.29. The molecule has 1 aromatic carbocycles. The van der Waals surface area contributed by atoms with Gasteiger partial charge in [0.15, 0.2) is 0 Å². The molecular weight excluding hydrogens is 218 g/mol. The highest BCUT2D eigenvalue weighted by atomic mass is 14.9.